The molecule has 7 heteroatoms. The zero-order valence-corrected chi connectivity index (χ0v) is 14.5. The number of thioether (sulfide) groups is 1. The molecule has 1 heterocycles. The molecule has 0 saturated carbocycles. The zero-order chi connectivity index (χ0) is 16.1. The molecule has 0 radical (unpaired) electrons. The monoisotopic (exact) mass is 336 g/mol. The summed E-state index contributed by atoms with van der Waals surface area (Å²) in [5.41, 5.74) is 7.63. The van der Waals surface area contributed by atoms with E-state index in [4.69, 9.17) is 5.73 Å². The van der Waals surface area contributed by atoms with Crippen LogP contribution >= 0.6 is 23.1 Å². The predicted octanol–water partition coefficient (Wildman–Crippen LogP) is 3.75. The summed E-state index contributed by atoms with van der Waals surface area (Å²) in [6.07, 6.45) is 1.10. The van der Waals surface area contributed by atoms with Crippen molar-refractivity contribution in [2.24, 2.45) is 0 Å². The molecule has 3 N–H and O–H groups in total. The lowest BCUT2D eigenvalue weighted by Gasteiger charge is -2.12. The highest BCUT2D eigenvalue weighted by Crippen LogP contribution is 2.28. The normalized spacial score (nSPS) is 13.6. The number of nitrogens with two attached hydrogens (primary N) is 1. The smallest absolute Gasteiger partial charge is 0.237 e. The highest BCUT2D eigenvalue weighted by atomic mass is 32.2. The summed E-state index contributed by atoms with van der Waals surface area (Å²) in [4.78, 5) is 12.2. The van der Waals surface area contributed by atoms with Crippen LogP contribution in [0.2, 0.25) is 0 Å². The van der Waals surface area contributed by atoms with E-state index in [0.29, 0.717) is 15.4 Å². The van der Waals surface area contributed by atoms with Gasteiger partial charge in [-0.25, -0.2) is 0 Å². The Morgan fingerprint density at radius 3 is 2.55 bits per heavy atom. The maximum Gasteiger partial charge on any atom is 0.237 e. The number of anilines is 2. The number of amides is 1. The second-order valence-electron chi connectivity index (χ2n) is 5.09. The minimum atomic E-state index is -0.262. The molecule has 2 atom stereocenters. The van der Waals surface area contributed by atoms with Gasteiger partial charge in [0.25, 0.3) is 0 Å². The first-order valence-corrected chi connectivity index (χ1v) is 8.85. The van der Waals surface area contributed by atoms with Crippen molar-refractivity contribution >= 4 is 39.8 Å². The van der Waals surface area contributed by atoms with Gasteiger partial charge in [0.15, 0.2) is 4.34 Å². The molecule has 0 saturated heterocycles. The van der Waals surface area contributed by atoms with Crippen molar-refractivity contribution < 1.29 is 4.79 Å². The molecular weight excluding hydrogens is 316 g/mol. The van der Waals surface area contributed by atoms with Gasteiger partial charge >= 0.3 is 0 Å². The van der Waals surface area contributed by atoms with Crippen LogP contribution in [0.25, 0.3) is 0 Å². The number of nitrogens with zero attached hydrogens (tertiary/aromatic N) is 2. The summed E-state index contributed by atoms with van der Waals surface area (Å²) in [5, 5.41) is 10.7. The molecule has 5 nitrogen and oxygen atoms in total. The highest BCUT2D eigenvalue weighted by Gasteiger charge is 2.17. The van der Waals surface area contributed by atoms with E-state index in [1.165, 1.54) is 28.7 Å². The molecule has 1 aromatic carbocycles. The Morgan fingerprint density at radius 2 is 2.00 bits per heavy atom. The average Bonchev–Trinajstić information content (AvgIpc) is 2.92. The molecule has 0 aliphatic carbocycles. The quantitative estimate of drug-likeness (QED) is 0.785. The maximum atomic E-state index is 12.2. The first-order valence-electron chi connectivity index (χ1n) is 7.16. The Labute approximate surface area is 138 Å². The summed E-state index contributed by atoms with van der Waals surface area (Å²) < 4.78 is 0.701. The molecule has 0 aliphatic heterocycles. The maximum absolute atomic E-state index is 12.2. The van der Waals surface area contributed by atoms with Crippen molar-refractivity contribution in [3.8, 4) is 0 Å². The first-order chi connectivity index (χ1) is 10.5. The summed E-state index contributed by atoms with van der Waals surface area (Å²) in [7, 11) is 0. The Morgan fingerprint density at radius 1 is 1.32 bits per heavy atom. The van der Waals surface area contributed by atoms with Gasteiger partial charge < -0.3 is 11.1 Å². The van der Waals surface area contributed by atoms with Gasteiger partial charge in [-0.3, -0.25) is 4.79 Å². The van der Waals surface area contributed by atoms with E-state index in [0.717, 1.165) is 12.1 Å². The van der Waals surface area contributed by atoms with E-state index in [2.05, 4.69) is 41.5 Å². The predicted molar refractivity (Wildman–Crippen MR) is 93.4 cm³/mol. The highest BCUT2D eigenvalue weighted by molar-refractivity contribution is 8.02. The lowest BCUT2D eigenvalue weighted by atomic mass is 9.99. The SMILES string of the molecule is CC[C@H](C)c1ccc(NC(=O)[C@H](C)Sc2nnc(N)s2)cc1. The van der Waals surface area contributed by atoms with Gasteiger partial charge in [0.05, 0.1) is 5.25 Å². The fourth-order valence-electron chi connectivity index (χ4n) is 1.85. The molecule has 1 amide bonds. The number of aromatic nitrogens is 2. The van der Waals surface area contributed by atoms with Crippen LogP contribution < -0.4 is 11.1 Å². The van der Waals surface area contributed by atoms with Crippen molar-refractivity contribution in [1.82, 2.24) is 10.2 Å². The Hall–Kier alpha value is -1.60. The van der Waals surface area contributed by atoms with Gasteiger partial charge in [0.1, 0.15) is 0 Å². The minimum Gasteiger partial charge on any atom is -0.374 e. The molecule has 0 bridgehead atoms. The zero-order valence-electron chi connectivity index (χ0n) is 12.9. The van der Waals surface area contributed by atoms with Crippen molar-refractivity contribution in [1.29, 1.82) is 0 Å². The Balaban J connectivity index is 1.93. The van der Waals surface area contributed by atoms with Crippen molar-refractivity contribution in [2.75, 3.05) is 11.1 Å². The fourth-order valence-corrected chi connectivity index (χ4v) is 3.63. The van der Waals surface area contributed by atoms with Gasteiger partial charge in [-0.1, -0.05) is 49.1 Å². The Kier molecular flexibility index (Phi) is 5.79. The third kappa shape index (κ3) is 4.45. The summed E-state index contributed by atoms with van der Waals surface area (Å²) in [5.74, 6) is 0.470. The van der Waals surface area contributed by atoms with E-state index >= 15 is 0 Å². The van der Waals surface area contributed by atoms with Crippen LogP contribution in [-0.2, 0) is 4.79 Å². The van der Waals surface area contributed by atoms with Crippen LogP contribution in [0, 0.1) is 0 Å². The molecule has 0 spiro atoms. The molecule has 1 aromatic heterocycles. The van der Waals surface area contributed by atoms with E-state index < -0.39 is 0 Å². The van der Waals surface area contributed by atoms with Crippen molar-refractivity contribution in [3.63, 3.8) is 0 Å². The molecule has 0 aliphatic rings. The number of carbonyl (C=O) groups excluding carboxylic acids is 1. The second kappa shape index (κ2) is 7.60. The fraction of sp³-hybridized carbons (Fsp3) is 0.400. The van der Waals surface area contributed by atoms with Gasteiger partial charge in [-0.2, -0.15) is 0 Å². The van der Waals surface area contributed by atoms with E-state index in [-0.39, 0.29) is 11.2 Å². The molecule has 22 heavy (non-hydrogen) atoms. The molecule has 2 aromatic rings. The molecule has 0 fully saturated rings. The second-order valence-corrected chi connectivity index (χ2v) is 7.68. The minimum absolute atomic E-state index is 0.0601. The number of carbonyl (C=O) groups is 1. The average molecular weight is 336 g/mol. The summed E-state index contributed by atoms with van der Waals surface area (Å²) in [6, 6.07) is 8.01. The molecule has 2 rings (SSSR count). The molecule has 118 valence electrons. The number of rotatable bonds is 6. The van der Waals surface area contributed by atoms with Crippen LogP contribution in [0.1, 0.15) is 38.7 Å². The lowest BCUT2D eigenvalue weighted by molar-refractivity contribution is -0.115. The third-order valence-corrected chi connectivity index (χ3v) is 5.37. The van der Waals surface area contributed by atoms with E-state index in [9.17, 15) is 4.79 Å². The Bertz CT molecular complexity index is 627. The van der Waals surface area contributed by atoms with Crippen LogP contribution in [0.4, 0.5) is 10.8 Å². The standard InChI is InChI=1S/C15H20N4OS2/c1-4-9(2)11-5-7-12(8-6-11)17-13(20)10(3)21-15-19-18-14(16)22-15/h5-10H,4H2,1-3H3,(H2,16,18)(H,17,20)/t9-,10-/m0/s1. The molecule has 0 unspecified atom stereocenters. The largest absolute Gasteiger partial charge is 0.374 e. The van der Waals surface area contributed by atoms with Gasteiger partial charge in [-0.15, -0.1) is 10.2 Å². The topological polar surface area (TPSA) is 80.9 Å². The van der Waals surface area contributed by atoms with Gasteiger partial charge in [0, 0.05) is 5.69 Å². The van der Waals surface area contributed by atoms with Gasteiger partial charge in [-0.05, 0) is 37.0 Å². The number of hydrogen-bond acceptors (Lipinski definition) is 6. The number of nitrogen functional groups attached to an aromatic ring is 1. The molecular formula is C15H20N4OS2. The number of nitrogens with one attached hydrogen (secondary N) is 1. The van der Waals surface area contributed by atoms with E-state index in [1.54, 1.807) is 0 Å². The summed E-state index contributed by atoms with van der Waals surface area (Å²) >= 11 is 2.64. The van der Waals surface area contributed by atoms with Crippen LogP contribution in [0.3, 0.4) is 0 Å². The third-order valence-electron chi connectivity index (χ3n) is 3.43. The summed E-state index contributed by atoms with van der Waals surface area (Å²) in [6.45, 7) is 6.20. The lowest BCUT2D eigenvalue weighted by Crippen LogP contribution is -2.22. The van der Waals surface area contributed by atoms with Crippen LogP contribution in [0.5, 0.6) is 0 Å². The van der Waals surface area contributed by atoms with Crippen LogP contribution in [-0.4, -0.2) is 21.4 Å². The number of hydrogen-bond donors (Lipinski definition) is 2. The van der Waals surface area contributed by atoms with Crippen molar-refractivity contribution in [2.45, 2.75) is 42.7 Å². The number of benzene rings is 1. The van der Waals surface area contributed by atoms with E-state index in [1.807, 2.05) is 19.1 Å². The van der Waals surface area contributed by atoms with Crippen molar-refractivity contribution in [3.05, 3.63) is 29.8 Å². The van der Waals surface area contributed by atoms with Crippen LogP contribution in [0.15, 0.2) is 28.6 Å². The van der Waals surface area contributed by atoms with Gasteiger partial charge in [0.2, 0.25) is 11.0 Å². The first kappa shape index (κ1) is 16.8.